The quantitative estimate of drug-likeness (QED) is 0.150. The van der Waals surface area contributed by atoms with Crippen LogP contribution in [0, 0.1) is 6.92 Å². The van der Waals surface area contributed by atoms with Crippen molar-refractivity contribution < 1.29 is 0 Å². The van der Waals surface area contributed by atoms with Crippen LogP contribution >= 0.6 is 11.3 Å². The second-order valence-corrected chi connectivity index (χ2v) is 25.7. The van der Waals surface area contributed by atoms with Crippen LogP contribution in [0.25, 0.3) is 26.8 Å². The number of thiophene rings is 1. The van der Waals surface area contributed by atoms with E-state index in [9.17, 15) is 0 Å². The van der Waals surface area contributed by atoms with E-state index in [2.05, 4.69) is 234 Å². The van der Waals surface area contributed by atoms with Crippen molar-refractivity contribution in [3.63, 3.8) is 0 Å². The fraction of sp³-hybridized carbons (Fsp3) is 0.364. The highest BCUT2D eigenvalue weighted by molar-refractivity contribution is 7.32. The molecule has 2 aliphatic heterocycles. The molecule has 0 saturated carbocycles. The summed E-state index contributed by atoms with van der Waals surface area (Å²) in [4.78, 5) is 2.80. The third-order valence-electron chi connectivity index (χ3n) is 16.9. The first-order chi connectivity index (χ1) is 32.7. The SMILES string of the molecule is CCc1cc(C2=CCCC=C2)c(N2c3cc4c(cc3B3c5sc6ccc(C(C)(C)C)cc6c5C(C(C)c5ccc(C(C)(C)C)cc5)c5cc(C)cc2c53)C(C)(C)CCC4(C)C)c(-c2ccccc2)c1. The molecule has 6 aromatic carbocycles. The summed E-state index contributed by atoms with van der Waals surface area (Å²) in [5.41, 5.74) is 25.4. The molecule has 3 heteroatoms. The van der Waals surface area contributed by atoms with E-state index in [1.165, 1.54) is 122 Å². The van der Waals surface area contributed by atoms with E-state index in [1.807, 2.05) is 0 Å². The Balaban J connectivity index is 1.29. The van der Waals surface area contributed by atoms with Gasteiger partial charge in [-0.15, -0.1) is 11.3 Å². The molecular formula is C66H72BNS. The smallest absolute Gasteiger partial charge is 0.259 e. The Labute approximate surface area is 418 Å². The Morgan fingerprint density at radius 1 is 0.725 bits per heavy atom. The zero-order valence-electron chi connectivity index (χ0n) is 43.7. The third-order valence-corrected chi connectivity index (χ3v) is 18.2. The summed E-state index contributed by atoms with van der Waals surface area (Å²) >= 11 is 2.08. The number of allylic oxidation sites excluding steroid dienone is 4. The van der Waals surface area contributed by atoms with E-state index in [4.69, 9.17) is 0 Å². The van der Waals surface area contributed by atoms with Gasteiger partial charge in [0.05, 0.1) is 5.69 Å². The molecule has 69 heavy (non-hydrogen) atoms. The van der Waals surface area contributed by atoms with Crippen molar-refractivity contribution in [2.24, 2.45) is 0 Å². The van der Waals surface area contributed by atoms with Gasteiger partial charge in [-0.05, 0) is 185 Å². The van der Waals surface area contributed by atoms with Crippen molar-refractivity contribution in [3.05, 3.63) is 183 Å². The number of rotatable bonds is 6. The molecule has 0 spiro atoms. The first-order valence-corrected chi connectivity index (χ1v) is 27.0. The van der Waals surface area contributed by atoms with Gasteiger partial charge in [-0.1, -0.05) is 174 Å². The molecule has 0 saturated heterocycles. The van der Waals surface area contributed by atoms with E-state index in [0.717, 1.165) is 19.3 Å². The average Bonchev–Trinajstić information content (AvgIpc) is 3.70. The monoisotopic (exact) mass is 922 g/mol. The van der Waals surface area contributed by atoms with Crippen LogP contribution in [-0.4, -0.2) is 6.71 Å². The Morgan fingerprint density at radius 3 is 2.04 bits per heavy atom. The number of nitrogens with zero attached hydrogens (tertiary/aromatic N) is 1. The number of hydrogen-bond donors (Lipinski definition) is 0. The summed E-state index contributed by atoms with van der Waals surface area (Å²) in [5, 5.41) is 1.45. The zero-order chi connectivity index (χ0) is 48.5. The molecule has 2 unspecified atom stereocenters. The molecule has 350 valence electrons. The van der Waals surface area contributed by atoms with Crippen molar-refractivity contribution in [2.45, 2.75) is 156 Å². The minimum absolute atomic E-state index is 0.0308. The fourth-order valence-electron chi connectivity index (χ4n) is 12.7. The fourth-order valence-corrected chi connectivity index (χ4v) is 14.1. The molecule has 0 bridgehead atoms. The molecule has 2 atom stereocenters. The topological polar surface area (TPSA) is 3.24 Å². The van der Waals surface area contributed by atoms with Gasteiger partial charge >= 0.3 is 0 Å². The maximum Gasteiger partial charge on any atom is 0.259 e. The molecule has 0 N–H and O–H groups in total. The molecule has 11 rings (SSSR count). The second kappa shape index (κ2) is 16.3. The Kier molecular flexibility index (Phi) is 10.9. The van der Waals surface area contributed by atoms with E-state index < -0.39 is 0 Å². The largest absolute Gasteiger partial charge is 0.310 e. The highest BCUT2D eigenvalue weighted by atomic mass is 32.1. The summed E-state index contributed by atoms with van der Waals surface area (Å²) < 4.78 is 2.94. The lowest BCUT2D eigenvalue weighted by Gasteiger charge is -2.47. The van der Waals surface area contributed by atoms with Crippen LogP contribution in [-0.2, 0) is 28.1 Å². The van der Waals surface area contributed by atoms with Gasteiger partial charge in [-0.25, -0.2) is 0 Å². The first kappa shape index (κ1) is 46.0. The lowest BCUT2D eigenvalue weighted by atomic mass is 9.33. The average molecular weight is 922 g/mol. The van der Waals surface area contributed by atoms with Crippen LogP contribution in [0.3, 0.4) is 0 Å². The minimum atomic E-state index is 0.0308. The van der Waals surface area contributed by atoms with Gasteiger partial charge in [0, 0.05) is 33.1 Å². The summed E-state index contributed by atoms with van der Waals surface area (Å²) in [6, 6.07) is 44.1. The van der Waals surface area contributed by atoms with Crippen molar-refractivity contribution in [1.29, 1.82) is 0 Å². The van der Waals surface area contributed by atoms with E-state index in [-0.39, 0.29) is 40.2 Å². The summed E-state index contributed by atoms with van der Waals surface area (Å²) in [7, 11) is 0. The molecule has 7 aromatic rings. The second-order valence-electron chi connectivity index (χ2n) is 24.7. The van der Waals surface area contributed by atoms with Gasteiger partial charge < -0.3 is 4.90 Å². The summed E-state index contributed by atoms with van der Waals surface area (Å²) in [6.45, 7) is 31.4. The van der Waals surface area contributed by atoms with E-state index >= 15 is 0 Å². The number of anilines is 3. The van der Waals surface area contributed by atoms with Crippen molar-refractivity contribution in [2.75, 3.05) is 4.90 Å². The van der Waals surface area contributed by atoms with Gasteiger partial charge in [0.1, 0.15) is 0 Å². The molecule has 4 aliphatic rings. The highest BCUT2D eigenvalue weighted by Crippen LogP contribution is 2.54. The number of benzene rings is 6. The number of fused-ring (bicyclic) bond motifs is 7. The van der Waals surface area contributed by atoms with Gasteiger partial charge in [-0.3, -0.25) is 0 Å². The first-order valence-electron chi connectivity index (χ1n) is 26.2. The molecular weight excluding hydrogens is 850 g/mol. The minimum Gasteiger partial charge on any atom is -0.310 e. The highest BCUT2D eigenvalue weighted by Gasteiger charge is 2.49. The molecule has 1 nitrogen and oxygen atoms in total. The Morgan fingerprint density at radius 2 is 1.39 bits per heavy atom. The lowest BCUT2D eigenvalue weighted by Crippen LogP contribution is -2.61. The Hall–Kier alpha value is -5.38. The van der Waals surface area contributed by atoms with Gasteiger partial charge in [0.25, 0.3) is 6.71 Å². The van der Waals surface area contributed by atoms with Crippen molar-refractivity contribution >= 4 is 66.5 Å². The van der Waals surface area contributed by atoms with Gasteiger partial charge in [0.2, 0.25) is 0 Å². The predicted octanol–water partition coefficient (Wildman–Crippen LogP) is 16.7. The van der Waals surface area contributed by atoms with Crippen LogP contribution in [0.2, 0.25) is 0 Å². The zero-order valence-corrected chi connectivity index (χ0v) is 44.6. The maximum absolute atomic E-state index is 2.80. The van der Waals surface area contributed by atoms with E-state index in [1.54, 1.807) is 5.56 Å². The lowest BCUT2D eigenvalue weighted by molar-refractivity contribution is 0.332. The number of aryl methyl sites for hydroxylation is 2. The molecule has 3 heterocycles. The molecule has 0 radical (unpaired) electrons. The van der Waals surface area contributed by atoms with Crippen molar-refractivity contribution in [1.82, 2.24) is 0 Å². The molecule has 1 aromatic heterocycles. The normalized spacial score (nSPS) is 18.3. The molecule has 0 amide bonds. The van der Waals surface area contributed by atoms with Crippen LogP contribution in [0.1, 0.15) is 176 Å². The van der Waals surface area contributed by atoms with Crippen LogP contribution in [0.4, 0.5) is 17.1 Å². The maximum atomic E-state index is 2.80. The molecule has 0 fully saturated rings. The standard InChI is InChI=1S/C66H72BNS/c1-14-42-35-48(44-21-17-15-18-22-44)61(49(36-42)45-23-19-16-20-24-45)68-55-39-53-52(65(10,11)31-32-66(53,12)13)38-54(55)67-60-51(33-40(2)34-56(60)68)58(41(3)43-25-27-46(28-26-43)63(4,5)6)59-50-37-47(64(7,8)9)29-30-57(50)69-62(59)67/h15,17-19,21-30,33-39,41,58H,14,16,20,31-32H2,1-13H3. The third kappa shape index (κ3) is 7.55. The van der Waals surface area contributed by atoms with Crippen LogP contribution in [0.5, 0.6) is 0 Å². The van der Waals surface area contributed by atoms with Gasteiger partial charge in [-0.2, -0.15) is 0 Å². The predicted molar refractivity (Wildman–Crippen MR) is 303 cm³/mol. The van der Waals surface area contributed by atoms with E-state index in [0.29, 0.717) is 0 Å². The number of hydrogen-bond acceptors (Lipinski definition) is 2. The van der Waals surface area contributed by atoms with Crippen LogP contribution in [0.15, 0.2) is 127 Å². The molecule has 2 aliphatic carbocycles. The van der Waals surface area contributed by atoms with Crippen molar-refractivity contribution in [3.8, 4) is 11.1 Å². The Bertz CT molecular complexity index is 3250. The summed E-state index contributed by atoms with van der Waals surface area (Å²) in [5.74, 6) is 0.390. The summed E-state index contributed by atoms with van der Waals surface area (Å²) in [6.07, 6.45) is 12.8. The van der Waals surface area contributed by atoms with Crippen LogP contribution < -0.4 is 20.6 Å². The van der Waals surface area contributed by atoms with Gasteiger partial charge in [0.15, 0.2) is 0 Å².